The van der Waals surface area contributed by atoms with E-state index in [1.807, 2.05) is 0 Å². The minimum atomic E-state index is -0.962. The Kier molecular flexibility index (Phi) is 5.71. The summed E-state index contributed by atoms with van der Waals surface area (Å²) in [6.45, 7) is 6.44. The van der Waals surface area contributed by atoms with Crippen molar-refractivity contribution >= 4 is 17.5 Å². The molecule has 0 aliphatic carbocycles. The van der Waals surface area contributed by atoms with E-state index in [2.05, 4.69) is 4.79 Å². The van der Waals surface area contributed by atoms with Crippen molar-refractivity contribution in [3.63, 3.8) is 0 Å². The maximum absolute atomic E-state index is 11.5. The smallest absolute Gasteiger partial charge is 0.441 e. The van der Waals surface area contributed by atoms with E-state index >= 15 is 0 Å². The summed E-state index contributed by atoms with van der Waals surface area (Å²) in [5, 5.41) is 9.01. The Morgan fingerprint density at radius 2 is 1.94 bits per heavy atom. The molecule has 0 aromatic carbocycles. The zero-order chi connectivity index (χ0) is 13.6. The molecule has 0 radical (unpaired) electrons. The molecule has 1 atom stereocenters. The molecular formula is C11H18N2O4. The molecule has 0 spiro atoms. The number of nitrogens with zero attached hydrogens (tertiary/aromatic N) is 2. The van der Waals surface area contributed by atoms with Crippen LogP contribution in [0.2, 0.25) is 0 Å². The molecule has 0 aromatic rings. The van der Waals surface area contributed by atoms with Gasteiger partial charge in [-0.3, -0.25) is 4.79 Å². The van der Waals surface area contributed by atoms with Crippen LogP contribution in [-0.2, 0) is 14.3 Å². The van der Waals surface area contributed by atoms with Gasteiger partial charge >= 0.3 is 11.7 Å². The molecule has 6 heteroatoms. The minimum Gasteiger partial charge on any atom is -0.451 e. The summed E-state index contributed by atoms with van der Waals surface area (Å²) in [5.74, 6) is -1.61. The second-order valence-corrected chi connectivity index (χ2v) is 4.76. The average molecular weight is 242 g/mol. The largest absolute Gasteiger partial charge is 0.451 e. The van der Waals surface area contributed by atoms with Gasteiger partial charge in [0.1, 0.15) is 5.60 Å². The maximum atomic E-state index is 11.5. The molecule has 0 fully saturated rings. The van der Waals surface area contributed by atoms with Crippen LogP contribution in [0, 0.1) is 0 Å². The molecule has 0 aromatic heterocycles. The number of esters is 1. The first kappa shape index (κ1) is 15.5. The molecule has 0 heterocycles. The van der Waals surface area contributed by atoms with Crippen LogP contribution in [-0.4, -0.2) is 39.1 Å². The van der Waals surface area contributed by atoms with E-state index in [1.165, 1.54) is 6.92 Å². The van der Waals surface area contributed by atoms with Gasteiger partial charge in [-0.1, -0.05) is 0 Å². The molecule has 0 aliphatic heterocycles. The third-order valence-electron chi connectivity index (χ3n) is 1.75. The zero-order valence-electron chi connectivity index (χ0n) is 10.6. The van der Waals surface area contributed by atoms with Crippen molar-refractivity contribution in [1.29, 1.82) is 0 Å². The van der Waals surface area contributed by atoms with E-state index in [4.69, 9.17) is 15.4 Å². The lowest BCUT2D eigenvalue weighted by Gasteiger charge is -2.17. The summed E-state index contributed by atoms with van der Waals surface area (Å²) < 4.78 is 4.91. The SMILES string of the molecule is CC(O)CCC(=O)C(=[N+]=[N-])C(=O)OC(C)(C)C. The number of aliphatic hydroxyl groups is 1. The Morgan fingerprint density at radius 1 is 1.41 bits per heavy atom. The fourth-order valence-corrected chi connectivity index (χ4v) is 0.995. The summed E-state index contributed by atoms with van der Waals surface area (Å²) >= 11 is 0. The van der Waals surface area contributed by atoms with Crippen molar-refractivity contribution in [3.8, 4) is 0 Å². The van der Waals surface area contributed by atoms with Crippen LogP contribution in [0.5, 0.6) is 0 Å². The highest BCUT2D eigenvalue weighted by Gasteiger charge is 2.33. The molecule has 17 heavy (non-hydrogen) atoms. The number of rotatable bonds is 5. The van der Waals surface area contributed by atoms with E-state index in [0.29, 0.717) is 0 Å². The van der Waals surface area contributed by atoms with Crippen molar-refractivity contribution in [2.45, 2.75) is 52.2 Å². The van der Waals surface area contributed by atoms with Crippen molar-refractivity contribution in [1.82, 2.24) is 0 Å². The fourth-order valence-electron chi connectivity index (χ4n) is 0.995. The topological polar surface area (TPSA) is 100 Å². The quantitative estimate of drug-likeness (QED) is 0.252. The van der Waals surface area contributed by atoms with Crippen molar-refractivity contribution in [2.24, 2.45) is 0 Å². The van der Waals surface area contributed by atoms with Crippen molar-refractivity contribution in [2.75, 3.05) is 0 Å². The number of ketones is 1. The van der Waals surface area contributed by atoms with Crippen LogP contribution in [0.4, 0.5) is 0 Å². The second kappa shape index (κ2) is 6.27. The van der Waals surface area contributed by atoms with Crippen LogP contribution in [0.1, 0.15) is 40.5 Å². The number of ether oxygens (including phenoxy) is 1. The zero-order valence-corrected chi connectivity index (χ0v) is 10.6. The Hall–Kier alpha value is -1.52. The third-order valence-corrected chi connectivity index (χ3v) is 1.75. The van der Waals surface area contributed by atoms with Gasteiger partial charge in [-0.15, -0.1) is 0 Å². The molecule has 0 bridgehead atoms. The number of Topliss-reactive ketones (excluding diaryl/α,β-unsaturated/α-hetero) is 1. The first-order valence-electron chi connectivity index (χ1n) is 5.34. The van der Waals surface area contributed by atoms with Gasteiger partial charge in [-0.25, -0.2) is 4.79 Å². The molecule has 0 aliphatic rings. The second-order valence-electron chi connectivity index (χ2n) is 4.76. The Morgan fingerprint density at radius 3 is 2.29 bits per heavy atom. The lowest BCUT2D eigenvalue weighted by atomic mass is 10.1. The van der Waals surface area contributed by atoms with E-state index in [9.17, 15) is 9.59 Å². The summed E-state index contributed by atoms with van der Waals surface area (Å²) in [5.41, 5.74) is 7.23. The molecule has 0 saturated heterocycles. The van der Waals surface area contributed by atoms with Gasteiger partial charge in [0.15, 0.2) is 0 Å². The lowest BCUT2D eigenvalue weighted by Crippen LogP contribution is -2.34. The lowest BCUT2D eigenvalue weighted by molar-refractivity contribution is -0.152. The normalized spacial score (nSPS) is 12.5. The molecule has 96 valence electrons. The number of hydrogen-bond donors (Lipinski definition) is 1. The third kappa shape index (κ3) is 6.60. The van der Waals surface area contributed by atoms with Gasteiger partial charge in [-0.2, -0.15) is 4.79 Å². The average Bonchev–Trinajstić information content (AvgIpc) is 2.12. The van der Waals surface area contributed by atoms with Crippen LogP contribution in [0.3, 0.4) is 0 Å². The molecule has 0 saturated carbocycles. The van der Waals surface area contributed by atoms with Crippen LogP contribution < -0.4 is 0 Å². The van der Waals surface area contributed by atoms with Crippen LogP contribution >= 0.6 is 0 Å². The number of hydrogen-bond acceptors (Lipinski definition) is 4. The highest BCUT2D eigenvalue weighted by Crippen LogP contribution is 2.08. The maximum Gasteiger partial charge on any atom is 0.441 e. The molecule has 0 amide bonds. The molecule has 1 N–H and O–H groups in total. The Bertz CT molecular complexity index is 349. The predicted molar refractivity (Wildman–Crippen MR) is 60.4 cm³/mol. The molecular weight excluding hydrogens is 224 g/mol. The first-order chi connectivity index (χ1) is 7.67. The minimum absolute atomic E-state index is 0.0731. The van der Waals surface area contributed by atoms with Gasteiger partial charge < -0.3 is 15.4 Å². The predicted octanol–water partition coefficient (Wildman–Crippen LogP) is 0.729. The fraction of sp³-hybridized carbons (Fsp3) is 0.727. The van der Waals surface area contributed by atoms with Crippen LogP contribution in [0.25, 0.3) is 5.53 Å². The highest BCUT2D eigenvalue weighted by atomic mass is 16.6. The van der Waals surface area contributed by atoms with Crippen LogP contribution in [0.15, 0.2) is 0 Å². The summed E-state index contributed by atoms with van der Waals surface area (Å²) in [4.78, 5) is 25.6. The standard InChI is InChI=1S/C11H18N2O4/c1-7(14)5-6-8(15)9(13-12)10(16)17-11(2,3)4/h7,14H,5-6H2,1-4H3. The van der Waals surface area contributed by atoms with E-state index < -0.39 is 29.2 Å². The Labute approximate surface area is 100 Å². The van der Waals surface area contributed by atoms with Gasteiger partial charge in [0.05, 0.1) is 6.10 Å². The number of aliphatic hydroxyl groups excluding tert-OH is 1. The monoisotopic (exact) mass is 242 g/mol. The van der Waals surface area contributed by atoms with E-state index in [0.717, 1.165) is 0 Å². The van der Waals surface area contributed by atoms with Gasteiger partial charge in [0.2, 0.25) is 0 Å². The summed E-state index contributed by atoms with van der Waals surface area (Å²) in [7, 11) is 0. The van der Waals surface area contributed by atoms with E-state index in [-0.39, 0.29) is 12.8 Å². The number of carbonyl (C=O) groups is 2. The van der Waals surface area contributed by atoms with Crippen molar-refractivity contribution < 1.29 is 24.2 Å². The number of carbonyl (C=O) groups excluding carboxylic acids is 2. The van der Waals surface area contributed by atoms with E-state index in [1.54, 1.807) is 20.8 Å². The highest BCUT2D eigenvalue weighted by molar-refractivity contribution is 6.62. The molecule has 0 rings (SSSR count). The first-order valence-corrected chi connectivity index (χ1v) is 5.34. The van der Waals surface area contributed by atoms with Crippen molar-refractivity contribution in [3.05, 3.63) is 5.53 Å². The Balaban J connectivity index is 4.59. The molecule has 6 nitrogen and oxygen atoms in total. The van der Waals surface area contributed by atoms with Gasteiger partial charge in [0, 0.05) is 6.42 Å². The summed E-state index contributed by atoms with van der Waals surface area (Å²) in [6.07, 6.45) is -0.533. The van der Waals surface area contributed by atoms with Gasteiger partial charge in [-0.05, 0) is 34.1 Å². The van der Waals surface area contributed by atoms with Gasteiger partial charge in [0.25, 0.3) is 5.78 Å². The summed E-state index contributed by atoms with van der Waals surface area (Å²) in [6, 6.07) is 0. The molecule has 1 unspecified atom stereocenters.